The van der Waals surface area contributed by atoms with Crippen molar-refractivity contribution >= 4 is 46.2 Å². The second-order valence-electron chi connectivity index (χ2n) is 5.75. The van der Waals surface area contributed by atoms with Crippen LogP contribution in [0.2, 0.25) is 0 Å². The van der Waals surface area contributed by atoms with Gasteiger partial charge in [0.05, 0.1) is 23.7 Å². The fraction of sp³-hybridized carbons (Fsp3) is 0.333. The van der Waals surface area contributed by atoms with Crippen LogP contribution in [0.25, 0.3) is 0 Å². The number of amidine groups is 1. The molecule has 0 radical (unpaired) electrons. The van der Waals surface area contributed by atoms with Crippen molar-refractivity contribution in [2.24, 2.45) is 15.9 Å². The summed E-state index contributed by atoms with van der Waals surface area (Å²) in [6, 6.07) is 7.56. The predicted octanol–water partition coefficient (Wildman–Crippen LogP) is 2.65. The van der Waals surface area contributed by atoms with Crippen LogP contribution in [-0.2, 0) is 16.1 Å². The number of hydrogen-bond donors (Lipinski definition) is 1. The second kappa shape index (κ2) is 8.55. The monoisotopic (exact) mass is 389 g/mol. The molecule has 0 aromatic heterocycles. The van der Waals surface area contributed by atoms with E-state index >= 15 is 0 Å². The van der Waals surface area contributed by atoms with Gasteiger partial charge in [-0.15, -0.1) is 11.8 Å². The molecule has 2 amide bonds. The van der Waals surface area contributed by atoms with Gasteiger partial charge in [0, 0.05) is 12.1 Å². The number of amides is 2. The van der Waals surface area contributed by atoms with Gasteiger partial charge < -0.3 is 10.1 Å². The van der Waals surface area contributed by atoms with Gasteiger partial charge in [-0.1, -0.05) is 36.0 Å². The van der Waals surface area contributed by atoms with E-state index in [2.05, 4.69) is 15.3 Å². The number of carbonyl (C=O) groups excluding carboxylic acids is 2. The Hall–Kier alpha value is -2.06. The van der Waals surface area contributed by atoms with Crippen molar-refractivity contribution in [1.29, 1.82) is 0 Å². The van der Waals surface area contributed by atoms with Gasteiger partial charge in [-0.25, -0.2) is 4.99 Å². The lowest BCUT2D eigenvalue weighted by molar-refractivity contribution is -0.119. The Kier molecular flexibility index (Phi) is 6.16. The Labute approximate surface area is 160 Å². The number of nitrogens with one attached hydrogen (secondary N) is 1. The zero-order valence-electron chi connectivity index (χ0n) is 14.5. The van der Waals surface area contributed by atoms with Crippen LogP contribution in [0.15, 0.2) is 45.2 Å². The molecule has 0 saturated heterocycles. The molecule has 8 heteroatoms. The van der Waals surface area contributed by atoms with E-state index in [-0.39, 0.29) is 23.5 Å². The SMILES string of the molecule is COc1ccccc1CNC(=O)CSCC1=NC(=O)C2C=C(C)SC2=N1. The van der Waals surface area contributed by atoms with E-state index in [0.29, 0.717) is 18.1 Å². The Bertz CT molecular complexity index is 818. The molecule has 3 rings (SSSR count). The largest absolute Gasteiger partial charge is 0.496 e. The predicted molar refractivity (Wildman–Crippen MR) is 107 cm³/mol. The number of thioether (sulfide) groups is 2. The van der Waals surface area contributed by atoms with Gasteiger partial charge in [-0.05, 0) is 17.9 Å². The number of allylic oxidation sites excluding steroid dienone is 1. The number of methoxy groups -OCH3 is 1. The van der Waals surface area contributed by atoms with Crippen molar-refractivity contribution in [1.82, 2.24) is 5.32 Å². The minimum Gasteiger partial charge on any atom is -0.496 e. The van der Waals surface area contributed by atoms with Gasteiger partial charge in [0.15, 0.2) is 0 Å². The Morgan fingerprint density at radius 2 is 2.15 bits per heavy atom. The van der Waals surface area contributed by atoms with Crippen LogP contribution in [0.4, 0.5) is 0 Å². The van der Waals surface area contributed by atoms with Crippen molar-refractivity contribution in [3.05, 3.63) is 40.8 Å². The summed E-state index contributed by atoms with van der Waals surface area (Å²) in [6.07, 6.45) is 1.89. The molecule has 1 unspecified atom stereocenters. The third kappa shape index (κ3) is 4.56. The summed E-state index contributed by atoms with van der Waals surface area (Å²) in [7, 11) is 1.61. The fourth-order valence-electron chi connectivity index (χ4n) is 2.58. The molecule has 2 aliphatic rings. The number of rotatable bonds is 7. The summed E-state index contributed by atoms with van der Waals surface area (Å²) < 4.78 is 5.26. The van der Waals surface area contributed by atoms with E-state index < -0.39 is 0 Å². The Morgan fingerprint density at radius 3 is 2.96 bits per heavy atom. The summed E-state index contributed by atoms with van der Waals surface area (Å²) >= 11 is 2.91. The molecule has 136 valence electrons. The summed E-state index contributed by atoms with van der Waals surface area (Å²) in [4.78, 5) is 33.6. The molecular formula is C18H19N3O3S2. The van der Waals surface area contributed by atoms with Gasteiger partial charge in [-0.3, -0.25) is 9.59 Å². The van der Waals surface area contributed by atoms with Crippen molar-refractivity contribution in [3.8, 4) is 5.75 Å². The highest BCUT2D eigenvalue weighted by Crippen LogP contribution is 2.34. The third-order valence-electron chi connectivity index (χ3n) is 3.81. The van der Waals surface area contributed by atoms with E-state index in [1.807, 2.05) is 37.3 Å². The highest BCUT2D eigenvalue weighted by atomic mass is 32.2. The van der Waals surface area contributed by atoms with E-state index in [1.165, 1.54) is 23.5 Å². The maximum atomic E-state index is 12.0. The molecule has 1 aromatic rings. The van der Waals surface area contributed by atoms with Crippen molar-refractivity contribution < 1.29 is 14.3 Å². The highest BCUT2D eigenvalue weighted by molar-refractivity contribution is 8.17. The van der Waals surface area contributed by atoms with Crippen LogP contribution in [0.5, 0.6) is 5.75 Å². The zero-order chi connectivity index (χ0) is 18.5. The Balaban J connectivity index is 1.44. The molecule has 0 fully saturated rings. The minimum atomic E-state index is -0.307. The van der Waals surface area contributed by atoms with Gasteiger partial charge in [0.2, 0.25) is 5.91 Å². The lowest BCUT2D eigenvalue weighted by Crippen LogP contribution is -2.26. The standard InChI is InChI=1S/C18H19N3O3S2/c1-11-7-13-17(23)20-15(21-18(13)26-11)9-25-10-16(22)19-8-12-5-3-4-6-14(12)24-2/h3-7,13H,8-10H2,1-2H3,(H,19,22). The van der Waals surface area contributed by atoms with E-state index in [0.717, 1.165) is 21.3 Å². The van der Waals surface area contributed by atoms with Crippen molar-refractivity contribution in [2.45, 2.75) is 13.5 Å². The number of benzene rings is 1. The van der Waals surface area contributed by atoms with Gasteiger partial charge in [0.1, 0.15) is 17.5 Å². The molecule has 0 bridgehead atoms. The molecular weight excluding hydrogens is 370 g/mol. The van der Waals surface area contributed by atoms with Crippen LogP contribution in [0.3, 0.4) is 0 Å². The van der Waals surface area contributed by atoms with Gasteiger partial charge >= 0.3 is 0 Å². The first kappa shape index (κ1) is 18.7. The molecule has 1 N–H and O–H groups in total. The zero-order valence-corrected chi connectivity index (χ0v) is 16.2. The fourth-order valence-corrected chi connectivity index (χ4v) is 4.26. The van der Waals surface area contributed by atoms with Crippen LogP contribution in [0.1, 0.15) is 12.5 Å². The second-order valence-corrected chi connectivity index (χ2v) is 8.01. The lowest BCUT2D eigenvalue weighted by atomic mass is 10.1. The number of aliphatic imine (C=N–C) groups is 2. The number of carbonyl (C=O) groups is 2. The van der Waals surface area contributed by atoms with E-state index in [4.69, 9.17) is 4.74 Å². The number of para-hydroxylation sites is 1. The van der Waals surface area contributed by atoms with Crippen LogP contribution >= 0.6 is 23.5 Å². The van der Waals surface area contributed by atoms with Crippen LogP contribution in [0, 0.1) is 5.92 Å². The molecule has 6 nitrogen and oxygen atoms in total. The quantitative estimate of drug-likeness (QED) is 0.775. The number of fused-ring (bicyclic) bond motifs is 1. The molecule has 26 heavy (non-hydrogen) atoms. The lowest BCUT2D eigenvalue weighted by Gasteiger charge is -2.12. The number of ether oxygens (including phenoxy) is 1. The summed E-state index contributed by atoms with van der Waals surface area (Å²) in [6.45, 7) is 2.37. The summed E-state index contributed by atoms with van der Waals surface area (Å²) in [5.74, 6) is 1.39. The molecule has 2 aliphatic heterocycles. The maximum Gasteiger partial charge on any atom is 0.261 e. The topological polar surface area (TPSA) is 80.1 Å². The first-order valence-corrected chi connectivity index (χ1v) is 10.1. The van der Waals surface area contributed by atoms with Crippen LogP contribution in [-0.4, -0.2) is 41.3 Å². The first-order chi connectivity index (χ1) is 12.6. The van der Waals surface area contributed by atoms with Crippen LogP contribution < -0.4 is 10.1 Å². The minimum absolute atomic E-state index is 0.0816. The van der Waals surface area contributed by atoms with Crippen molar-refractivity contribution in [2.75, 3.05) is 18.6 Å². The molecule has 0 spiro atoms. The molecule has 2 heterocycles. The average Bonchev–Trinajstić information content (AvgIpc) is 3.01. The third-order valence-corrected chi connectivity index (χ3v) is 5.75. The first-order valence-electron chi connectivity index (χ1n) is 8.09. The normalized spacial score (nSPS) is 18.6. The maximum absolute atomic E-state index is 12.0. The highest BCUT2D eigenvalue weighted by Gasteiger charge is 2.32. The van der Waals surface area contributed by atoms with Gasteiger partial charge in [-0.2, -0.15) is 4.99 Å². The van der Waals surface area contributed by atoms with E-state index in [9.17, 15) is 9.59 Å². The van der Waals surface area contributed by atoms with Crippen molar-refractivity contribution in [3.63, 3.8) is 0 Å². The molecule has 0 aliphatic carbocycles. The van der Waals surface area contributed by atoms with E-state index in [1.54, 1.807) is 7.11 Å². The summed E-state index contributed by atoms with van der Waals surface area (Å²) in [5, 5.41) is 3.66. The number of nitrogens with zero attached hydrogens (tertiary/aromatic N) is 2. The smallest absolute Gasteiger partial charge is 0.261 e. The average molecular weight is 390 g/mol. The summed E-state index contributed by atoms with van der Waals surface area (Å²) in [5.41, 5.74) is 0.925. The van der Waals surface area contributed by atoms with Gasteiger partial charge in [0.25, 0.3) is 5.91 Å². The number of hydrogen-bond acceptors (Lipinski definition) is 6. The Morgan fingerprint density at radius 1 is 1.35 bits per heavy atom. The molecule has 1 aromatic carbocycles. The molecule has 0 saturated carbocycles. The molecule has 1 atom stereocenters.